The Morgan fingerprint density at radius 1 is 1.11 bits per heavy atom. The van der Waals surface area contributed by atoms with Crippen LogP contribution in [-0.4, -0.2) is 18.0 Å². The fraction of sp³-hybridized carbons (Fsp3) is 0.600. The fourth-order valence-corrected chi connectivity index (χ4v) is 2.16. The van der Waals surface area contributed by atoms with Crippen LogP contribution in [0.4, 0.5) is 5.69 Å². The Hall–Kier alpha value is -0.730. The molecular formula is C15H25ClN2. The summed E-state index contributed by atoms with van der Waals surface area (Å²) in [6.45, 7) is 7.70. The van der Waals surface area contributed by atoms with Crippen LogP contribution in [0.25, 0.3) is 0 Å². The largest absolute Gasteiger partial charge is 0.398 e. The molecule has 0 radical (unpaired) electrons. The Bertz CT molecular complexity index is 344. The second-order valence-corrected chi connectivity index (χ2v) is 5.26. The third-order valence-electron chi connectivity index (χ3n) is 3.16. The molecule has 18 heavy (non-hydrogen) atoms. The normalized spacial score (nSPS) is 11.1. The van der Waals surface area contributed by atoms with E-state index in [-0.39, 0.29) is 0 Å². The van der Waals surface area contributed by atoms with Gasteiger partial charge in [0.2, 0.25) is 0 Å². The minimum Gasteiger partial charge on any atom is -0.398 e. The number of nitrogens with two attached hydrogens (primary N) is 1. The molecule has 0 aliphatic rings. The number of unbranched alkanes of at least 4 members (excludes halogenated alkanes) is 2. The SMILES string of the molecule is CCCCN(CCCC)Cc1ccc(Cl)cc1N. The van der Waals surface area contributed by atoms with Gasteiger partial charge in [0.15, 0.2) is 0 Å². The van der Waals surface area contributed by atoms with E-state index < -0.39 is 0 Å². The van der Waals surface area contributed by atoms with Gasteiger partial charge in [-0.25, -0.2) is 0 Å². The fourth-order valence-electron chi connectivity index (χ4n) is 1.98. The Labute approximate surface area is 116 Å². The number of benzene rings is 1. The Morgan fingerprint density at radius 2 is 1.72 bits per heavy atom. The monoisotopic (exact) mass is 268 g/mol. The first-order chi connectivity index (χ1) is 8.67. The van der Waals surface area contributed by atoms with E-state index in [1.54, 1.807) is 0 Å². The highest BCUT2D eigenvalue weighted by atomic mass is 35.5. The lowest BCUT2D eigenvalue weighted by Crippen LogP contribution is -2.26. The van der Waals surface area contributed by atoms with Crippen molar-refractivity contribution in [3.8, 4) is 0 Å². The number of anilines is 1. The molecule has 1 aromatic rings. The predicted molar refractivity (Wildman–Crippen MR) is 81.0 cm³/mol. The molecule has 0 unspecified atom stereocenters. The van der Waals surface area contributed by atoms with Crippen molar-refractivity contribution in [1.29, 1.82) is 0 Å². The van der Waals surface area contributed by atoms with Gasteiger partial charge in [-0.2, -0.15) is 0 Å². The van der Waals surface area contributed by atoms with E-state index >= 15 is 0 Å². The molecule has 2 nitrogen and oxygen atoms in total. The number of rotatable bonds is 8. The van der Waals surface area contributed by atoms with E-state index in [9.17, 15) is 0 Å². The van der Waals surface area contributed by atoms with Gasteiger partial charge in [0, 0.05) is 17.3 Å². The summed E-state index contributed by atoms with van der Waals surface area (Å²) in [5.41, 5.74) is 8.01. The van der Waals surface area contributed by atoms with Gasteiger partial charge in [-0.1, -0.05) is 44.4 Å². The summed E-state index contributed by atoms with van der Waals surface area (Å²) in [4.78, 5) is 2.49. The minimum atomic E-state index is 0.713. The summed E-state index contributed by atoms with van der Waals surface area (Å²) in [5.74, 6) is 0. The van der Waals surface area contributed by atoms with Crippen molar-refractivity contribution in [2.75, 3.05) is 18.8 Å². The van der Waals surface area contributed by atoms with Gasteiger partial charge >= 0.3 is 0 Å². The zero-order chi connectivity index (χ0) is 13.4. The smallest absolute Gasteiger partial charge is 0.0426 e. The van der Waals surface area contributed by atoms with Crippen LogP contribution in [0.5, 0.6) is 0 Å². The van der Waals surface area contributed by atoms with Crippen LogP contribution in [0, 0.1) is 0 Å². The first-order valence-electron chi connectivity index (χ1n) is 6.93. The van der Waals surface area contributed by atoms with E-state index in [0.29, 0.717) is 5.02 Å². The van der Waals surface area contributed by atoms with E-state index in [0.717, 1.165) is 25.3 Å². The average molecular weight is 269 g/mol. The molecule has 0 fully saturated rings. The molecule has 0 spiro atoms. The molecule has 3 heteroatoms. The highest BCUT2D eigenvalue weighted by Crippen LogP contribution is 2.20. The highest BCUT2D eigenvalue weighted by molar-refractivity contribution is 6.30. The summed E-state index contributed by atoms with van der Waals surface area (Å²) in [6.07, 6.45) is 4.96. The summed E-state index contributed by atoms with van der Waals surface area (Å²) in [7, 11) is 0. The van der Waals surface area contributed by atoms with E-state index in [2.05, 4.69) is 18.7 Å². The Balaban J connectivity index is 2.62. The number of nitrogen functional groups attached to an aromatic ring is 1. The number of hydrogen-bond acceptors (Lipinski definition) is 2. The van der Waals surface area contributed by atoms with Crippen LogP contribution in [0.3, 0.4) is 0 Å². The summed E-state index contributed by atoms with van der Waals surface area (Å²) < 4.78 is 0. The molecule has 102 valence electrons. The number of hydrogen-bond donors (Lipinski definition) is 1. The molecular weight excluding hydrogens is 244 g/mol. The van der Waals surface area contributed by atoms with Crippen LogP contribution >= 0.6 is 11.6 Å². The molecule has 0 heterocycles. The molecule has 0 aromatic heterocycles. The standard InChI is InChI=1S/C15H25ClN2/c1-3-5-9-18(10-6-4-2)12-13-7-8-14(16)11-15(13)17/h7-8,11H,3-6,9-10,12,17H2,1-2H3. The second kappa shape index (κ2) is 8.39. The molecule has 0 aliphatic heterocycles. The van der Waals surface area contributed by atoms with Gasteiger partial charge in [-0.05, 0) is 43.6 Å². The molecule has 0 saturated heterocycles. The van der Waals surface area contributed by atoms with Crippen molar-refractivity contribution < 1.29 is 0 Å². The van der Waals surface area contributed by atoms with Crippen molar-refractivity contribution in [3.05, 3.63) is 28.8 Å². The molecule has 0 atom stereocenters. The maximum absolute atomic E-state index is 6.02. The van der Waals surface area contributed by atoms with Crippen LogP contribution in [0.2, 0.25) is 5.02 Å². The lowest BCUT2D eigenvalue weighted by molar-refractivity contribution is 0.257. The maximum Gasteiger partial charge on any atom is 0.0426 e. The molecule has 1 rings (SSSR count). The molecule has 0 amide bonds. The van der Waals surface area contributed by atoms with Crippen LogP contribution in [-0.2, 0) is 6.54 Å². The van der Waals surface area contributed by atoms with Gasteiger partial charge in [-0.3, -0.25) is 4.90 Å². The molecule has 0 bridgehead atoms. The second-order valence-electron chi connectivity index (χ2n) is 4.83. The van der Waals surface area contributed by atoms with E-state index in [1.807, 2.05) is 18.2 Å². The first-order valence-corrected chi connectivity index (χ1v) is 7.31. The number of nitrogens with zero attached hydrogens (tertiary/aromatic N) is 1. The molecule has 0 aliphatic carbocycles. The summed E-state index contributed by atoms with van der Waals surface area (Å²) in [6, 6.07) is 5.81. The van der Waals surface area contributed by atoms with Crippen molar-refractivity contribution in [3.63, 3.8) is 0 Å². The van der Waals surface area contributed by atoms with Crippen molar-refractivity contribution in [2.45, 2.75) is 46.1 Å². The third-order valence-corrected chi connectivity index (χ3v) is 3.39. The zero-order valence-corrected chi connectivity index (χ0v) is 12.3. The van der Waals surface area contributed by atoms with Gasteiger partial charge in [0.1, 0.15) is 0 Å². The van der Waals surface area contributed by atoms with Crippen molar-refractivity contribution in [2.24, 2.45) is 0 Å². The van der Waals surface area contributed by atoms with Crippen LogP contribution in [0.1, 0.15) is 45.1 Å². The van der Waals surface area contributed by atoms with Gasteiger partial charge in [0.25, 0.3) is 0 Å². The summed E-state index contributed by atoms with van der Waals surface area (Å²) in [5, 5.41) is 0.713. The Morgan fingerprint density at radius 3 is 2.22 bits per heavy atom. The highest BCUT2D eigenvalue weighted by Gasteiger charge is 2.07. The van der Waals surface area contributed by atoms with Crippen LogP contribution in [0.15, 0.2) is 18.2 Å². The number of halogens is 1. The predicted octanol–water partition coefficient (Wildman–Crippen LogP) is 4.32. The maximum atomic E-state index is 6.02. The Kier molecular flexibility index (Phi) is 7.14. The zero-order valence-electron chi connectivity index (χ0n) is 11.6. The molecule has 1 aromatic carbocycles. The minimum absolute atomic E-state index is 0.713. The van der Waals surface area contributed by atoms with E-state index in [1.165, 1.54) is 31.2 Å². The lowest BCUT2D eigenvalue weighted by atomic mass is 10.1. The molecule has 2 N–H and O–H groups in total. The van der Waals surface area contributed by atoms with Crippen LogP contribution < -0.4 is 5.73 Å². The summed E-state index contributed by atoms with van der Waals surface area (Å²) >= 11 is 5.93. The quantitative estimate of drug-likeness (QED) is 0.712. The molecule has 0 saturated carbocycles. The van der Waals surface area contributed by atoms with Gasteiger partial charge in [-0.15, -0.1) is 0 Å². The average Bonchev–Trinajstić information content (AvgIpc) is 2.35. The van der Waals surface area contributed by atoms with E-state index in [4.69, 9.17) is 17.3 Å². The third kappa shape index (κ3) is 5.28. The van der Waals surface area contributed by atoms with Crippen molar-refractivity contribution in [1.82, 2.24) is 4.90 Å². The van der Waals surface area contributed by atoms with Gasteiger partial charge in [0.05, 0.1) is 0 Å². The topological polar surface area (TPSA) is 29.3 Å². The first kappa shape index (κ1) is 15.3. The lowest BCUT2D eigenvalue weighted by Gasteiger charge is -2.22. The van der Waals surface area contributed by atoms with Gasteiger partial charge < -0.3 is 5.73 Å². The van der Waals surface area contributed by atoms with Crippen molar-refractivity contribution >= 4 is 17.3 Å².